The van der Waals surface area contributed by atoms with E-state index in [1.54, 1.807) is 31.4 Å². The van der Waals surface area contributed by atoms with E-state index >= 15 is 0 Å². The Labute approximate surface area is 219 Å². The van der Waals surface area contributed by atoms with Crippen molar-refractivity contribution < 1.29 is 24.2 Å². The lowest BCUT2D eigenvalue weighted by molar-refractivity contribution is -0.194. The van der Waals surface area contributed by atoms with E-state index in [4.69, 9.17) is 4.74 Å². The number of carbonyl (C=O) groups is 3. The number of amides is 2. The molecule has 7 rings (SSSR count). The van der Waals surface area contributed by atoms with Gasteiger partial charge in [-0.2, -0.15) is 0 Å². The number of rotatable bonds is 4. The second kappa shape index (κ2) is 7.94. The molecule has 4 fully saturated rings. The fourth-order valence-electron chi connectivity index (χ4n) is 9.94. The smallest absolute Gasteiger partial charge is 0.309 e. The molecule has 6 aliphatic rings. The number of nitrogens with zero attached hydrogens (tertiary/aromatic N) is 1. The number of carboxylic acids is 1. The quantitative estimate of drug-likeness (QED) is 0.419. The SMILES string of the molecule is COc1ccc(N2C(=O)[C@@H]3[C@H]4C[C@@H]5[C@]6(C)CCC[C@](C)(C(=O)O)[C@@H]6CC[C@@]5(C=C4C(C)C)[C@H]3C2=O)cc1. The highest BCUT2D eigenvalue weighted by molar-refractivity contribution is 6.23. The maximum atomic E-state index is 14.3. The third kappa shape index (κ3) is 3.01. The Morgan fingerprint density at radius 1 is 1.05 bits per heavy atom. The van der Waals surface area contributed by atoms with Gasteiger partial charge in [0.15, 0.2) is 0 Å². The lowest BCUT2D eigenvalue weighted by atomic mass is 9.34. The summed E-state index contributed by atoms with van der Waals surface area (Å²) >= 11 is 0. The highest BCUT2D eigenvalue weighted by atomic mass is 16.5. The number of fused-ring (bicyclic) bond motifs is 1. The van der Waals surface area contributed by atoms with Crippen LogP contribution in [0, 0.1) is 51.8 Å². The summed E-state index contributed by atoms with van der Waals surface area (Å²) in [6, 6.07) is 7.20. The number of hydrogen-bond acceptors (Lipinski definition) is 4. The summed E-state index contributed by atoms with van der Waals surface area (Å²) in [4.78, 5) is 42.3. The highest BCUT2D eigenvalue weighted by Gasteiger charge is 2.73. The van der Waals surface area contributed by atoms with Crippen LogP contribution >= 0.6 is 0 Å². The lowest BCUT2D eigenvalue weighted by Gasteiger charge is -2.68. The van der Waals surface area contributed by atoms with Crippen molar-refractivity contribution in [2.24, 2.45) is 51.8 Å². The van der Waals surface area contributed by atoms with E-state index in [1.807, 2.05) is 6.92 Å². The molecule has 1 aliphatic heterocycles. The molecule has 1 aromatic carbocycles. The fourth-order valence-corrected chi connectivity index (χ4v) is 9.94. The van der Waals surface area contributed by atoms with Crippen LogP contribution in [0.25, 0.3) is 0 Å². The van der Waals surface area contributed by atoms with E-state index in [9.17, 15) is 19.5 Å². The molecular formula is C31H39NO5. The molecule has 0 aromatic heterocycles. The van der Waals surface area contributed by atoms with Gasteiger partial charge in [0.2, 0.25) is 11.8 Å². The van der Waals surface area contributed by atoms with E-state index in [2.05, 4.69) is 26.8 Å². The van der Waals surface area contributed by atoms with Crippen molar-refractivity contribution in [2.75, 3.05) is 12.0 Å². The summed E-state index contributed by atoms with van der Waals surface area (Å²) < 4.78 is 5.29. The summed E-state index contributed by atoms with van der Waals surface area (Å²) in [5, 5.41) is 10.3. The number of benzene rings is 1. The van der Waals surface area contributed by atoms with E-state index in [0.717, 1.165) is 32.1 Å². The van der Waals surface area contributed by atoms with E-state index in [0.29, 0.717) is 23.8 Å². The summed E-state index contributed by atoms with van der Waals surface area (Å²) in [5.74, 6) is -0.213. The zero-order chi connectivity index (χ0) is 26.5. The minimum absolute atomic E-state index is 0.0326. The number of carboxylic acid groups (broad SMARTS) is 1. The molecule has 1 saturated heterocycles. The number of anilines is 1. The Bertz CT molecular complexity index is 1200. The third-order valence-electron chi connectivity index (χ3n) is 11.5. The van der Waals surface area contributed by atoms with Gasteiger partial charge in [0.25, 0.3) is 0 Å². The van der Waals surface area contributed by atoms with Crippen molar-refractivity contribution in [3.63, 3.8) is 0 Å². The molecule has 198 valence electrons. The number of allylic oxidation sites excluding steroid dienone is 2. The Morgan fingerprint density at radius 2 is 1.76 bits per heavy atom. The zero-order valence-electron chi connectivity index (χ0n) is 22.6. The van der Waals surface area contributed by atoms with Crippen molar-refractivity contribution in [1.82, 2.24) is 0 Å². The van der Waals surface area contributed by atoms with Crippen molar-refractivity contribution in [1.29, 1.82) is 0 Å². The van der Waals surface area contributed by atoms with Crippen LogP contribution in [-0.4, -0.2) is 30.0 Å². The normalized spacial score (nSPS) is 42.3. The zero-order valence-corrected chi connectivity index (χ0v) is 22.6. The van der Waals surface area contributed by atoms with Gasteiger partial charge in [-0.3, -0.25) is 19.3 Å². The number of carbonyl (C=O) groups excluding carboxylic acids is 2. The first-order valence-corrected chi connectivity index (χ1v) is 14.0. The Hall–Kier alpha value is -2.63. The van der Waals surface area contributed by atoms with Crippen LogP contribution in [0.1, 0.15) is 66.2 Å². The minimum atomic E-state index is -0.736. The topological polar surface area (TPSA) is 83.9 Å². The number of hydrogen-bond donors (Lipinski definition) is 1. The minimum Gasteiger partial charge on any atom is -0.497 e. The number of aliphatic carboxylic acids is 1. The molecule has 8 atom stereocenters. The number of imide groups is 1. The van der Waals surface area contributed by atoms with Crippen LogP contribution in [0.4, 0.5) is 5.69 Å². The molecule has 1 aromatic rings. The first kappa shape index (κ1) is 24.7. The van der Waals surface area contributed by atoms with Gasteiger partial charge in [0.05, 0.1) is 30.0 Å². The average molecular weight is 506 g/mol. The van der Waals surface area contributed by atoms with Gasteiger partial charge in [0, 0.05) is 5.41 Å². The molecule has 2 bridgehead atoms. The van der Waals surface area contributed by atoms with Crippen LogP contribution in [0.5, 0.6) is 5.75 Å². The maximum absolute atomic E-state index is 14.3. The van der Waals surface area contributed by atoms with Crippen molar-refractivity contribution in [3.8, 4) is 5.75 Å². The number of methoxy groups -OCH3 is 1. The van der Waals surface area contributed by atoms with Gasteiger partial charge >= 0.3 is 5.97 Å². The van der Waals surface area contributed by atoms with E-state index < -0.39 is 16.8 Å². The summed E-state index contributed by atoms with van der Waals surface area (Å²) in [7, 11) is 1.60. The van der Waals surface area contributed by atoms with Crippen molar-refractivity contribution in [2.45, 2.75) is 66.2 Å². The Morgan fingerprint density at radius 3 is 2.38 bits per heavy atom. The Kier molecular flexibility index (Phi) is 5.30. The molecule has 37 heavy (non-hydrogen) atoms. The van der Waals surface area contributed by atoms with Crippen LogP contribution < -0.4 is 9.64 Å². The molecule has 3 saturated carbocycles. The van der Waals surface area contributed by atoms with Gasteiger partial charge in [-0.25, -0.2) is 0 Å². The standard InChI is InChI=1S/C31H39NO5/c1-17(2)21-16-31-14-11-22-29(3,12-6-13-30(22,4)28(35)36)23(31)15-20(21)24-25(31)27(34)32(26(24)33)18-7-9-19(37-5)10-8-18/h7-10,16-17,20,22-25H,6,11-15H2,1-5H3,(H,35,36)/t20-,22+,23+,24+,25+,29+,30-,31-/m0/s1. The molecule has 0 unspecified atom stereocenters. The first-order valence-electron chi connectivity index (χ1n) is 14.0. The molecule has 1 N–H and O–H groups in total. The maximum Gasteiger partial charge on any atom is 0.309 e. The van der Waals surface area contributed by atoms with E-state index in [1.165, 1.54) is 10.5 Å². The predicted octanol–water partition coefficient (Wildman–Crippen LogP) is 5.71. The largest absolute Gasteiger partial charge is 0.497 e. The molecule has 2 amide bonds. The van der Waals surface area contributed by atoms with Gasteiger partial charge in [-0.05, 0) is 92.4 Å². The van der Waals surface area contributed by atoms with Crippen LogP contribution in [0.3, 0.4) is 0 Å². The monoisotopic (exact) mass is 505 g/mol. The molecule has 6 nitrogen and oxygen atoms in total. The summed E-state index contributed by atoms with van der Waals surface area (Å²) in [6.45, 7) is 8.66. The molecular weight excluding hydrogens is 466 g/mol. The van der Waals surface area contributed by atoms with Crippen LogP contribution in [0.2, 0.25) is 0 Å². The molecule has 1 spiro atoms. The second-order valence-corrected chi connectivity index (χ2v) is 13.2. The van der Waals surface area contributed by atoms with Gasteiger partial charge in [0.1, 0.15) is 5.75 Å². The average Bonchev–Trinajstić information content (AvgIpc) is 3.15. The van der Waals surface area contributed by atoms with Gasteiger partial charge in [-0.15, -0.1) is 0 Å². The molecule has 0 radical (unpaired) electrons. The molecule has 5 aliphatic carbocycles. The van der Waals surface area contributed by atoms with E-state index in [-0.39, 0.29) is 46.8 Å². The third-order valence-corrected chi connectivity index (χ3v) is 11.5. The van der Waals surface area contributed by atoms with Crippen LogP contribution in [0.15, 0.2) is 35.9 Å². The van der Waals surface area contributed by atoms with Crippen molar-refractivity contribution in [3.05, 3.63) is 35.9 Å². The lowest BCUT2D eigenvalue weighted by Crippen LogP contribution is -2.65. The second-order valence-electron chi connectivity index (χ2n) is 13.2. The first-order chi connectivity index (χ1) is 17.5. The fraction of sp³-hybridized carbons (Fsp3) is 0.645. The van der Waals surface area contributed by atoms with Crippen molar-refractivity contribution >= 4 is 23.5 Å². The highest BCUT2D eigenvalue weighted by Crippen LogP contribution is 2.74. The molecule has 6 heteroatoms. The molecule has 1 heterocycles. The number of ether oxygens (including phenoxy) is 1. The van der Waals surface area contributed by atoms with Gasteiger partial charge < -0.3 is 9.84 Å². The predicted molar refractivity (Wildman–Crippen MR) is 140 cm³/mol. The Balaban J connectivity index is 1.47. The summed E-state index contributed by atoms with van der Waals surface area (Å²) in [5.41, 5.74) is 0.645. The van der Waals surface area contributed by atoms with Crippen LogP contribution in [-0.2, 0) is 14.4 Å². The summed E-state index contributed by atoms with van der Waals surface area (Å²) in [6.07, 6.45) is 7.47. The van der Waals surface area contributed by atoms with Gasteiger partial charge in [-0.1, -0.05) is 38.8 Å².